The third-order valence-corrected chi connectivity index (χ3v) is 5.16. The summed E-state index contributed by atoms with van der Waals surface area (Å²) in [6.45, 7) is 4.67. The molecule has 0 aliphatic carbocycles. The highest BCUT2D eigenvalue weighted by Crippen LogP contribution is 2.16. The minimum atomic E-state index is -3.47. The van der Waals surface area contributed by atoms with Gasteiger partial charge in [-0.3, -0.25) is 0 Å². The summed E-state index contributed by atoms with van der Waals surface area (Å²) in [5.41, 5.74) is 0. The molecule has 0 spiro atoms. The molecule has 0 amide bonds. The number of hydrogen-bond donors (Lipinski definition) is 2. The van der Waals surface area contributed by atoms with E-state index in [-0.39, 0.29) is 10.9 Å². The Balaban J connectivity index is 2.05. The Morgan fingerprint density at radius 1 is 1.38 bits per heavy atom. The number of nitrogens with one attached hydrogen (secondary N) is 2. The van der Waals surface area contributed by atoms with Crippen molar-refractivity contribution in [3.63, 3.8) is 0 Å². The van der Waals surface area contributed by atoms with E-state index in [1.165, 1.54) is 12.3 Å². The van der Waals surface area contributed by atoms with Crippen LogP contribution in [0.5, 0.6) is 0 Å². The topological polar surface area (TPSA) is 74.3 Å². The second-order valence-corrected chi connectivity index (χ2v) is 7.22. The molecular formula is C14H24N4O2S. The molecule has 1 fully saturated rings. The molecule has 118 valence electrons. The number of nitrogens with zero attached hydrogens (tertiary/aromatic N) is 2. The van der Waals surface area contributed by atoms with Gasteiger partial charge in [-0.05, 0) is 45.5 Å². The first-order chi connectivity index (χ1) is 10.0. The highest BCUT2D eigenvalue weighted by atomic mass is 32.2. The first kappa shape index (κ1) is 16.2. The molecule has 0 radical (unpaired) electrons. The molecule has 0 atom stereocenters. The van der Waals surface area contributed by atoms with E-state index in [2.05, 4.69) is 33.9 Å². The van der Waals surface area contributed by atoms with Crippen LogP contribution in [-0.4, -0.2) is 51.0 Å². The molecule has 1 aliphatic rings. The quantitative estimate of drug-likeness (QED) is 0.827. The summed E-state index contributed by atoms with van der Waals surface area (Å²) in [6.07, 6.45) is 4.19. The number of rotatable bonds is 6. The maximum absolute atomic E-state index is 12.4. The van der Waals surface area contributed by atoms with Crippen LogP contribution in [0.4, 0.5) is 5.82 Å². The number of anilines is 1. The second kappa shape index (κ2) is 7.20. The smallest absolute Gasteiger partial charge is 0.241 e. The van der Waals surface area contributed by atoms with E-state index in [0.717, 1.165) is 38.9 Å². The summed E-state index contributed by atoms with van der Waals surface area (Å²) in [7, 11) is -1.42. The van der Waals surface area contributed by atoms with E-state index >= 15 is 0 Å². The van der Waals surface area contributed by atoms with Gasteiger partial charge in [0.05, 0.1) is 4.90 Å². The highest BCUT2D eigenvalue weighted by Gasteiger charge is 2.23. The van der Waals surface area contributed by atoms with Gasteiger partial charge in [-0.2, -0.15) is 0 Å². The van der Waals surface area contributed by atoms with Crippen LogP contribution in [0.1, 0.15) is 26.2 Å². The van der Waals surface area contributed by atoms with E-state index < -0.39 is 10.0 Å². The average Bonchev–Trinajstić information content (AvgIpc) is 2.48. The lowest BCUT2D eigenvalue weighted by Crippen LogP contribution is -2.43. The van der Waals surface area contributed by atoms with Gasteiger partial charge in [-0.25, -0.2) is 18.1 Å². The van der Waals surface area contributed by atoms with Crippen molar-refractivity contribution >= 4 is 15.8 Å². The number of hydrogen-bond acceptors (Lipinski definition) is 5. The van der Waals surface area contributed by atoms with Gasteiger partial charge in [0.1, 0.15) is 5.82 Å². The zero-order valence-corrected chi connectivity index (χ0v) is 13.5. The molecule has 6 nitrogen and oxygen atoms in total. The zero-order valence-electron chi connectivity index (χ0n) is 12.7. The van der Waals surface area contributed by atoms with Crippen LogP contribution in [0.25, 0.3) is 0 Å². The standard InChI is InChI=1S/C14H24N4O2S/c1-3-7-15-14-11-13(4-8-16-14)21(19,20)17-12-5-9-18(2)10-6-12/h4,8,11-12,17H,3,5-7,9-10H2,1-2H3,(H,15,16). The van der Waals surface area contributed by atoms with Crippen molar-refractivity contribution in [3.05, 3.63) is 18.3 Å². The lowest BCUT2D eigenvalue weighted by Gasteiger charge is -2.29. The fourth-order valence-corrected chi connectivity index (χ4v) is 3.66. The molecule has 1 aromatic rings. The number of sulfonamides is 1. The Morgan fingerprint density at radius 2 is 2.10 bits per heavy atom. The van der Waals surface area contributed by atoms with Crippen molar-refractivity contribution < 1.29 is 8.42 Å². The largest absolute Gasteiger partial charge is 0.370 e. The number of pyridine rings is 1. The van der Waals surface area contributed by atoms with E-state index in [0.29, 0.717) is 5.82 Å². The number of aromatic nitrogens is 1. The maximum Gasteiger partial charge on any atom is 0.241 e. The molecule has 0 aromatic carbocycles. The van der Waals surface area contributed by atoms with Gasteiger partial charge in [0.25, 0.3) is 0 Å². The van der Waals surface area contributed by atoms with Gasteiger partial charge in [0, 0.05) is 24.8 Å². The van der Waals surface area contributed by atoms with E-state index in [4.69, 9.17) is 0 Å². The summed E-state index contributed by atoms with van der Waals surface area (Å²) >= 11 is 0. The molecular weight excluding hydrogens is 288 g/mol. The van der Waals surface area contributed by atoms with Crippen LogP contribution in [0.3, 0.4) is 0 Å². The van der Waals surface area contributed by atoms with Gasteiger partial charge in [0.15, 0.2) is 0 Å². The van der Waals surface area contributed by atoms with E-state index in [1.54, 1.807) is 6.07 Å². The Labute approximate surface area is 127 Å². The zero-order chi connectivity index (χ0) is 15.3. The van der Waals surface area contributed by atoms with Crippen molar-refractivity contribution in [1.29, 1.82) is 0 Å². The number of piperidine rings is 1. The molecule has 0 saturated carbocycles. The molecule has 21 heavy (non-hydrogen) atoms. The predicted molar refractivity (Wildman–Crippen MR) is 83.9 cm³/mol. The first-order valence-corrected chi connectivity index (χ1v) is 8.90. The van der Waals surface area contributed by atoms with Crippen molar-refractivity contribution in [2.75, 3.05) is 32.0 Å². The minimum absolute atomic E-state index is 0.0198. The molecule has 0 bridgehead atoms. The van der Waals surface area contributed by atoms with Crippen LogP contribution in [-0.2, 0) is 10.0 Å². The summed E-state index contributed by atoms with van der Waals surface area (Å²) in [5.74, 6) is 0.600. The molecule has 2 rings (SSSR count). The SMILES string of the molecule is CCCNc1cc(S(=O)(=O)NC2CCN(C)CC2)ccn1. The Bertz CT molecular complexity index is 554. The highest BCUT2D eigenvalue weighted by molar-refractivity contribution is 7.89. The molecule has 0 unspecified atom stereocenters. The van der Waals surface area contributed by atoms with Gasteiger partial charge in [0.2, 0.25) is 10.0 Å². The van der Waals surface area contributed by atoms with Crippen LogP contribution >= 0.6 is 0 Å². The average molecular weight is 312 g/mol. The molecule has 2 heterocycles. The molecule has 2 N–H and O–H groups in total. The summed E-state index contributed by atoms with van der Waals surface area (Å²) in [4.78, 5) is 6.62. The fraction of sp³-hybridized carbons (Fsp3) is 0.643. The predicted octanol–water partition coefficient (Wildman–Crippen LogP) is 1.28. The number of likely N-dealkylation sites (tertiary alicyclic amines) is 1. The van der Waals surface area contributed by atoms with Crippen molar-refractivity contribution in [1.82, 2.24) is 14.6 Å². The van der Waals surface area contributed by atoms with Crippen molar-refractivity contribution in [2.45, 2.75) is 37.1 Å². The Hall–Kier alpha value is -1.18. The Morgan fingerprint density at radius 3 is 2.76 bits per heavy atom. The molecule has 1 saturated heterocycles. The summed E-state index contributed by atoms with van der Waals surface area (Å²) in [5, 5.41) is 3.11. The molecule has 1 aliphatic heterocycles. The lowest BCUT2D eigenvalue weighted by atomic mass is 10.1. The second-order valence-electron chi connectivity index (χ2n) is 5.50. The minimum Gasteiger partial charge on any atom is -0.370 e. The van der Waals surface area contributed by atoms with Crippen LogP contribution in [0, 0.1) is 0 Å². The van der Waals surface area contributed by atoms with Crippen LogP contribution < -0.4 is 10.0 Å². The van der Waals surface area contributed by atoms with Gasteiger partial charge < -0.3 is 10.2 Å². The van der Waals surface area contributed by atoms with Crippen LogP contribution in [0.15, 0.2) is 23.2 Å². The third-order valence-electron chi connectivity index (χ3n) is 3.64. The normalized spacial score (nSPS) is 17.8. The van der Waals surface area contributed by atoms with E-state index in [9.17, 15) is 8.42 Å². The summed E-state index contributed by atoms with van der Waals surface area (Å²) < 4.78 is 27.7. The van der Waals surface area contributed by atoms with Gasteiger partial charge >= 0.3 is 0 Å². The molecule has 7 heteroatoms. The monoisotopic (exact) mass is 312 g/mol. The van der Waals surface area contributed by atoms with E-state index in [1.807, 2.05) is 0 Å². The fourth-order valence-electron chi connectivity index (χ4n) is 2.34. The van der Waals surface area contributed by atoms with Crippen molar-refractivity contribution in [2.24, 2.45) is 0 Å². The van der Waals surface area contributed by atoms with Gasteiger partial charge in [-0.1, -0.05) is 6.92 Å². The van der Waals surface area contributed by atoms with Gasteiger partial charge in [-0.15, -0.1) is 0 Å². The lowest BCUT2D eigenvalue weighted by molar-refractivity contribution is 0.248. The Kier molecular flexibility index (Phi) is 5.55. The molecule has 1 aromatic heterocycles. The van der Waals surface area contributed by atoms with Crippen LogP contribution in [0.2, 0.25) is 0 Å². The van der Waals surface area contributed by atoms with Crippen molar-refractivity contribution in [3.8, 4) is 0 Å². The third kappa shape index (κ3) is 4.66. The maximum atomic E-state index is 12.4. The first-order valence-electron chi connectivity index (χ1n) is 7.42. The summed E-state index contributed by atoms with van der Waals surface area (Å²) in [6, 6.07) is 3.15.